The number of furan rings is 1. The molecular formula is C53H34N4O. The van der Waals surface area contributed by atoms with Crippen LogP contribution in [0.25, 0.3) is 116 Å². The number of hydrogen-bond acceptors (Lipinski definition) is 3. The van der Waals surface area contributed by atoms with E-state index in [1.807, 2.05) is 43.4 Å². The quantitative estimate of drug-likeness (QED) is 0.159. The van der Waals surface area contributed by atoms with Gasteiger partial charge in [-0.3, -0.25) is 4.57 Å². The first-order valence-electron chi connectivity index (χ1n) is 19.7. The average Bonchev–Trinajstić information content (AvgIpc) is 4.02. The van der Waals surface area contributed by atoms with E-state index in [4.69, 9.17) is 14.4 Å². The monoisotopic (exact) mass is 742 g/mol. The Kier molecular flexibility index (Phi) is 6.93. The summed E-state index contributed by atoms with van der Waals surface area (Å²) in [5.74, 6) is 0.592. The lowest BCUT2D eigenvalue weighted by molar-refractivity contribution is 0.666. The van der Waals surface area contributed by atoms with Crippen molar-refractivity contribution in [3.05, 3.63) is 188 Å². The highest BCUT2D eigenvalue weighted by Gasteiger charge is 2.27. The van der Waals surface area contributed by atoms with Gasteiger partial charge >= 0.3 is 0 Å². The van der Waals surface area contributed by atoms with E-state index in [-0.39, 0.29) is 0 Å². The summed E-state index contributed by atoms with van der Waals surface area (Å²) in [7, 11) is 0. The van der Waals surface area contributed by atoms with Crippen LogP contribution in [0.1, 0.15) is 12.5 Å². The highest BCUT2D eigenvalue weighted by atomic mass is 16.3. The molecule has 272 valence electrons. The molecule has 0 aliphatic heterocycles. The number of rotatable bonds is 6. The fourth-order valence-corrected chi connectivity index (χ4v) is 9.27. The molecule has 0 unspecified atom stereocenters. The number of fused-ring (bicyclic) bond motifs is 13. The van der Waals surface area contributed by atoms with Crippen molar-refractivity contribution in [3.63, 3.8) is 0 Å². The summed E-state index contributed by atoms with van der Waals surface area (Å²) in [6, 6.07) is 54.0. The molecule has 5 nitrogen and oxygen atoms in total. The summed E-state index contributed by atoms with van der Waals surface area (Å²) >= 11 is 0. The fourth-order valence-electron chi connectivity index (χ4n) is 9.27. The summed E-state index contributed by atoms with van der Waals surface area (Å²) in [4.78, 5) is 11.0. The van der Waals surface area contributed by atoms with Crippen LogP contribution in [-0.4, -0.2) is 18.9 Å². The lowest BCUT2D eigenvalue weighted by Crippen LogP contribution is -2.03. The van der Waals surface area contributed by atoms with E-state index >= 15 is 0 Å². The zero-order chi connectivity index (χ0) is 38.5. The number of para-hydroxylation sites is 3. The molecule has 0 atom stereocenters. The molecule has 58 heavy (non-hydrogen) atoms. The van der Waals surface area contributed by atoms with E-state index in [1.165, 1.54) is 43.7 Å². The minimum atomic E-state index is 0.592. The van der Waals surface area contributed by atoms with Gasteiger partial charge in [-0.15, -0.1) is 0 Å². The van der Waals surface area contributed by atoms with Crippen LogP contribution >= 0.6 is 0 Å². The van der Waals surface area contributed by atoms with E-state index in [2.05, 4.69) is 155 Å². The van der Waals surface area contributed by atoms with E-state index in [1.54, 1.807) is 0 Å². The minimum Gasteiger partial charge on any atom is -0.452 e. The van der Waals surface area contributed by atoms with Crippen molar-refractivity contribution >= 4 is 87.5 Å². The highest BCUT2D eigenvalue weighted by Crippen LogP contribution is 2.47. The summed E-state index contributed by atoms with van der Waals surface area (Å²) in [6.07, 6.45) is 7.99. The maximum atomic E-state index is 6.62. The minimum absolute atomic E-state index is 0.592. The summed E-state index contributed by atoms with van der Waals surface area (Å²) < 4.78 is 11.4. The largest absolute Gasteiger partial charge is 0.452 e. The zero-order valence-electron chi connectivity index (χ0n) is 31.6. The van der Waals surface area contributed by atoms with Crippen LogP contribution in [0.15, 0.2) is 187 Å². The zero-order valence-corrected chi connectivity index (χ0v) is 31.6. The number of nitrogens with zero attached hydrogens (tertiary/aromatic N) is 4. The van der Waals surface area contributed by atoms with Crippen molar-refractivity contribution in [2.75, 3.05) is 0 Å². The van der Waals surface area contributed by atoms with Gasteiger partial charge in [0.2, 0.25) is 5.95 Å². The van der Waals surface area contributed by atoms with Gasteiger partial charge in [-0.05, 0) is 71.7 Å². The molecule has 0 saturated heterocycles. The second kappa shape index (κ2) is 12.4. The SMILES string of the molecule is C=C/C=C(\C=C/C)c1ccc(-c2nc(-n3c4ccc(-c5ccccc5)cc4c4cc5c6ccccc6n6c7ccccc7c(c43)c56)nc3c2oc2ccccc23)cc1. The van der Waals surface area contributed by atoms with Gasteiger partial charge in [0.25, 0.3) is 0 Å². The summed E-state index contributed by atoms with van der Waals surface area (Å²) in [6.45, 7) is 5.96. The molecule has 7 aromatic carbocycles. The van der Waals surface area contributed by atoms with Crippen molar-refractivity contribution in [2.24, 2.45) is 0 Å². The van der Waals surface area contributed by atoms with Gasteiger partial charge < -0.3 is 8.82 Å². The molecule has 0 radical (unpaired) electrons. The first kappa shape index (κ1) is 32.5. The van der Waals surface area contributed by atoms with Crippen LogP contribution in [-0.2, 0) is 0 Å². The fraction of sp³-hybridized carbons (Fsp3) is 0.0189. The number of hydrogen-bond donors (Lipinski definition) is 0. The molecular weight excluding hydrogens is 709 g/mol. The molecule has 12 rings (SSSR count). The Balaban J connectivity index is 1.24. The Bertz CT molecular complexity index is 3690. The van der Waals surface area contributed by atoms with Gasteiger partial charge in [-0.25, -0.2) is 9.97 Å². The third kappa shape index (κ3) is 4.53. The molecule has 5 heterocycles. The molecule has 0 bridgehead atoms. The third-order valence-corrected chi connectivity index (χ3v) is 11.7. The Labute approximate surface area is 333 Å². The first-order valence-corrected chi connectivity index (χ1v) is 19.7. The molecule has 0 amide bonds. The van der Waals surface area contributed by atoms with Gasteiger partial charge in [0.05, 0.1) is 27.6 Å². The molecule has 0 aliphatic carbocycles. The summed E-state index contributed by atoms with van der Waals surface area (Å²) in [5.41, 5.74) is 14.1. The van der Waals surface area contributed by atoms with Crippen LogP contribution < -0.4 is 0 Å². The predicted molar refractivity (Wildman–Crippen MR) is 242 cm³/mol. The molecule has 0 aliphatic rings. The molecule has 5 aromatic heterocycles. The number of benzene rings is 7. The number of allylic oxidation sites excluding steroid dienone is 5. The molecule has 0 spiro atoms. The van der Waals surface area contributed by atoms with Gasteiger partial charge in [-0.1, -0.05) is 140 Å². The van der Waals surface area contributed by atoms with E-state index in [0.717, 1.165) is 66.2 Å². The normalized spacial score (nSPS) is 12.7. The van der Waals surface area contributed by atoms with Crippen LogP contribution in [0.2, 0.25) is 0 Å². The third-order valence-electron chi connectivity index (χ3n) is 11.7. The molecule has 0 fully saturated rings. The Morgan fingerprint density at radius 1 is 0.586 bits per heavy atom. The molecule has 5 heteroatoms. The standard InChI is InChI=1S/C53H34N4O/c1-3-14-32(15-4-2)34-24-26-35(27-25-34)48-52-49(39-20-10-13-23-46(39)58-52)55-53(54-48)57-45-29-28-36(33-16-6-5-7-17-33)30-40(45)42-31-41-37-18-8-11-21-43(37)56-44-22-12-9-19-38(44)47(50(41)56)51(42)57/h3-31H,1H2,2H3/b15-4-,32-14+. The topological polar surface area (TPSA) is 48.3 Å². The smallest absolute Gasteiger partial charge is 0.236 e. The van der Waals surface area contributed by atoms with Crippen LogP contribution in [0, 0.1) is 0 Å². The van der Waals surface area contributed by atoms with Gasteiger partial charge in [0.1, 0.15) is 16.8 Å². The van der Waals surface area contributed by atoms with Crippen LogP contribution in [0.5, 0.6) is 0 Å². The maximum Gasteiger partial charge on any atom is 0.236 e. The summed E-state index contributed by atoms with van der Waals surface area (Å²) in [5, 5.41) is 8.12. The Morgan fingerprint density at radius 3 is 2.07 bits per heavy atom. The maximum absolute atomic E-state index is 6.62. The Morgan fingerprint density at radius 2 is 1.28 bits per heavy atom. The number of aromatic nitrogens is 4. The van der Waals surface area contributed by atoms with E-state index < -0.39 is 0 Å². The highest BCUT2D eigenvalue weighted by molar-refractivity contribution is 6.34. The van der Waals surface area contributed by atoms with Gasteiger partial charge in [0.15, 0.2) is 5.58 Å². The molecule has 0 saturated carbocycles. The first-order chi connectivity index (χ1) is 28.7. The van der Waals surface area contributed by atoms with Crippen molar-refractivity contribution in [3.8, 4) is 28.3 Å². The van der Waals surface area contributed by atoms with Crippen molar-refractivity contribution in [2.45, 2.75) is 6.92 Å². The average molecular weight is 743 g/mol. The lowest BCUT2D eigenvalue weighted by atomic mass is 10.0. The molecule has 12 aromatic rings. The van der Waals surface area contributed by atoms with E-state index in [9.17, 15) is 0 Å². The van der Waals surface area contributed by atoms with Crippen molar-refractivity contribution in [1.82, 2.24) is 18.9 Å². The second-order valence-electron chi connectivity index (χ2n) is 14.9. The van der Waals surface area contributed by atoms with Gasteiger partial charge in [-0.2, -0.15) is 0 Å². The van der Waals surface area contributed by atoms with Crippen molar-refractivity contribution in [1.29, 1.82) is 0 Å². The molecule has 0 N–H and O–H groups in total. The van der Waals surface area contributed by atoms with E-state index in [0.29, 0.717) is 11.5 Å². The van der Waals surface area contributed by atoms with Crippen molar-refractivity contribution < 1.29 is 4.42 Å². The second-order valence-corrected chi connectivity index (χ2v) is 14.9. The Hall–Kier alpha value is -7.76. The predicted octanol–water partition coefficient (Wildman–Crippen LogP) is 14.1. The van der Waals surface area contributed by atoms with Gasteiger partial charge in [0, 0.05) is 43.3 Å². The van der Waals surface area contributed by atoms with Crippen LogP contribution in [0.4, 0.5) is 0 Å². The lowest BCUT2D eigenvalue weighted by Gasteiger charge is -2.11. The van der Waals surface area contributed by atoms with Crippen LogP contribution in [0.3, 0.4) is 0 Å².